The summed E-state index contributed by atoms with van der Waals surface area (Å²) in [7, 11) is 0. The molecule has 0 atom stereocenters. The van der Waals surface area contributed by atoms with Gasteiger partial charge in [-0.3, -0.25) is 4.79 Å². The van der Waals surface area contributed by atoms with E-state index in [1.807, 2.05) is 42.5 Å². The van der Waals surface area contributed by atoms with Crippen LogP contribution >= 0.6 is 31.9 Å². The molecule has 19 heavy (non-hydrogen) atoms. The molecule has 1 N–H and O–H groups in total. The van der Waals surface area contributed by atoms with Gasteiger partial charge in [0, 0.05) is 37.2 Å². The van der Waals surface area contributed by atoms with Crippen molar-refractivity contribution >= 4 is 48.5 Å². The van der Waals surface area contributed by atoms with Crippen molar-refractivity contribution in [2.45, 2.75) is 0 Å². The van der Waals surface area contributed by atoms with Crippen molar-refractivity contribution in [2.75, 3.05) is 0 Å². The molecule has 1 heterocycles. The van der Waals surface area contributed by atoms with Crippen LogP contribution in [0.4, 0.5) is 0 Å². The van der Waals surface area contributed by atoms with Gasteiger partial charge >= 0.3 is 0 Å². The molecule has 3 aromatic rings. The lowest BCUT2D eigenvalue weighted by Gasteiger charge is -2.00. The van der Waals surface area contributed by atoms with Gasteiger partial charge in [-0.15, -0.1) is 0 Å². The van der Waals surface area contributed by atoms with E-state index in [2.05, 4.69) is 36.8 Å². The van der Waals surface area contributed by atoms with Gasteiger partial charge < -0.3 is 4.98 Å². The van der Waals surface area contributed by atoms with Crippen LogP contribution in [0.1, 0.15) is 15.9 Å². The molecule has 2 aromatic carbocycles. The van der Waals surface area contributed by atoms with Gasteiger partial charge in [0.1, 0.15) is 0 Å². The monoisotopic (exact) mass is 377 g/mol. The first kappa shape index (κ1) is 12.6. The van der Waals surface area contributed by atoms with Crippen LogP contribution in [0.5, 0.6) is 0 Å². The third-order valence-corrected chi connectivity index (χ3v) is 3.96. The molecule has 2 nitrogen and oxygen atoms in total. The second-order valence-corrected chi connectivity index (χ2v) is 6.06. The van der Waals surface area contributed by atoms with Gasteiger partial charge in [0.2, 0.25) is 0 Å². The lowest BCUT2D eigenvalue weighted by Crippen LogP contribution is -1.99. The van der Waals surface area contributed by atoms with Gasteiger partial charge in [-0.25, -0.2) is 0 Å². The van der Waals surface area contributed by atoms with Crippen molar-refractivity contribution in [1.29, 1.82) is 0 Å². The Morgan fingerprint density at radius 3 is 2.58 bits per heavy atom. The number of nitrogens with one attached hydrogen (secondary N) is 1. The molecule has 0 fully saturated rings. The summed E-state index contributed by atoms with van der Waals surface area (Å²) in [5.41, 5.74) is 2.33. The number of aromatic amines is 1. The van der Waals surface area contributed by atoms with Crippen LogP contribution < -0.4 is 0 Å². The zero-order valence-electron chi connectivity index (χ0n) is 9.78. The molecule has 0 amide bonds. The minimum Gasteiger partial charge on any atom is -0.360 e. The number of H-pyrrole nitrogens is 1. The van der Waals surface area contributed by atoms with E-state index in [1.165, 1.54) is 0 Å². The molecule has 0 aliphatic rings. The molecule has 1 aromatic heterocycles. The minimum atomic E-state index is 0.0230. The number of ketones is 1. The SMILES string of the molecule is O=C(c1cccc(Br)c1)c1c[nH]c2cc(Br)ccc12. The Morgan fingerprint density at radius 1 is 1.00 bits per heavy atom. The number of fused-ring (bicyclic) bond motifs is 1. The first-order valence-electron chi connectivity index (χ1n) is 5.72. The molecular formula is C15H9Br2NO. The molecule has 0 unspecified atom stereocenters. The standard InChI is InChI=1S/C15H9Br2NO/c16-10-3-1-2-9(6-10)15(19)13-8-18-14-7-11(17)4-5-12(13)14/h1-8,18H. The molecule has 0 saturated heterocycles. The Bertz CT molecular complexity index is 777. The van der Waals surface area contributed by atoms with Crippen molar-refractivity contribution < 1.29 is 4.79 Å². The lowest BCUT2D eigenvalue weighted by atomic mass is 10.0. The quantitative estimate of drug-likeness (QED) is 0.630. The van der Waals surface area contributed by atoms with Crippen molar-refractivity contribution in [3.8, 4) is 0 Å². The zero-order chi connectivity index (χ0) is 13.4. The zero-order valence-corrected chi connectivity index (χ0v) is 13.0. The smallest absolute Gasteiger partial charge is 0.195 e. The summed E-state index contributed by atoms with van der Waals surface area (Å²) >= 11 is 6.81. The maximum atomic E-state index is 12.5. The van der Waals surface area contributed by atoms with Crippen LogP contribution in [0.15, 0.2) is 57.6 Å². The number of benzene rings is 2. The first-order valence-corrected chi connectivity index (χ1v) is 7.30. The van der Waals surface area contributed by atoms with Crippen molar-refractivity contribution in [1.82, 2.24) is 4.98 Å². The van der Waals surface area contributed by atoms with Crippen LogP contribution in [-0.4, -0.2) is 10.8 Å². The fourth-order valence-corrected chi connectivity index (χ4v) is 2.83. The third kappa shape index (κ3) is 2.38. The maximum Gasteiger partial charge on any atom is 0.195 e. The van der Waals surface area contributed by atoms with Crippen LogP contribution in [-0.2, 0) is 0 Å². The Labute approximate surface area is 127 Å². The summed E-state index contributed by atoms with van der Waals surface area (Å²) in [6, 6.07) is 13.3. The van der Waals surface area contributed by atoms with E-state index in [4.69, 9.17) is 0 Å². The fraction of sp³-hybridized carbons (Fsp3) is 0. The largest absolute Gasteiger partial charge is 0.360 e. The summed E-state index contributed by atoms with van der Waals surface area (Å²) in [6.07, 6.45) is 1.76. The van der Waals surface area contributed by atoms with E-state index in [-0.39, 0.29) is 5.78 Å². The molecule has 0 spiro atoms. The number of hydrogen-bond acceptors (Lipinski definition) is 1. The molecule has 0 aliphatic heterocycles. The normalized spacial score (nSPS) is 10.8. The Morgan fingerprint density at radius 2 is 1.79 bits per heavy atom. The topological polar surface area (TPSA) is 32.9 Å². The second-order valence-electron chi connectivity index (χ2n) is 4.23. The van der Waals surface area contributed by atoms with Gasteiger partial charge in [0.15, 0.2) is 5.78 Å². The van der Waals surface area contributed by atoms with Gasteiger partial charge in [-0.05, 0) is 24.3 Å². The molecule has 4 heteroatoms. The van der Waals surface area contributed by atoms with Gasteiger partial charge in [-0.2, -0.15) is 0 Å². The van der Waals surface area contributed by atoms with E-state index in [1.54, 1.807) is 6.20 Å². The maximum absolute atomic E-state index is 12.5. The third-order valence-electron chi connectivity index (χ3n) is 2.98. The number of aromatic nitrogens is 1. The molecule has 0 saturated carbocycles. The molecule has 94 valence electrons. The van der Waals surface area contributed by atoms with Crippen molar-refractivity contribution in [3.63, 3.8) is 0 Å². The summed E-state index contributed by atoms with van der Waals surface area (Å²) in [5, 5.41) is 0.938. The number of hydrogen-bond donors (Lipinski definition) is 1. The Kier molecular flexibility index (Phi) is 3.29. The van der Waals surface area contributed by atoms with E-state index in [9.17, 15) is 4.79 Å². The fourth-order valence-electron chi connectivity index (χ4n) is 2.07. The van der Waals surface area contributed by atoms with E-state index in [0.717, 1.165) is 19.8 Å². The average Bonchev–Trinajstić information content (AvgIpc) is 2.80. The highest BCUT2D eigenvalue weighted by molar-refractivity contribution is 9.10. The second kappa shape index (κ2) is 4.94. The van der Waals surface area contributed by atoms with Crippen LogP contribution in [0.2, 0.25) is 0 Å². The van der Waals surface area contributed by atoms with E-state index in [0.29, 0.717) is 11.1 Å². The predicted molar refractivity (Wildman–Crippen MR) is 83.6 cm³/mol. The summed E-state index contributed by atoms with van der Waals surface area (Å²) in [5.74, 6) is 0.0230. The summed E-state index contributed by atoms with van der Waals surface area (Å²) in [4.78, 5) is 15.6. The van der Waals surface area contributed by atoms with Crippen molar-refractivity contribution in [3.05, 3.63) is 68.7 Å². The highest BCUT2D eigenvalue weighted by Crippen LogP contribution is 2.25. The van der Waals surface area contributed by atoms with Crippen LogP contribution in [0.25, 0.3) is 10.9 Å². The Hall–Kier alpha value is -1.39. The van der Waals surface area contributed by atoms with Crippen molar-refractivity contribution in [2.24, 2.45) is 0 Å². The lowest BCUT2D eigenvalue weighted by molar-refractivity contribution is 0.104. The van der Waals surface area contributed by atoms with Gasteiger partial charge in [0.05, 0.1) is 0 Å². The number of halogens is 2. The number of carbonyl (C=O) groups excluding carboxylic acids is 1. The average molecular weight is 379 g/mol. The molecular weight excluding hydrogens is 370 g/mol. The first-order chi connectivity index (χ1) is 9.15. The van der Waals surface area contributed by atoms with E-state index >= 15 is 0 Å². The number of rotatable bonds is 2. The minimum absolute atomic E-state index is 0.0230. The Balaban J connectivity index is 2.12. The number of carbonyl (C=O) groups is 1. The molecule has 3 rings (SSSR count). The molecule has 0 bridgehead atoms. The highest BCUT2D eigenvalue weighted by atomic mass is 79.9. The highest BCUT2D eigenvalue weighted by Gasteiger charge is 2.14. The van der Waals surface area contributed by atoms with Crippen LogP contribution in [0.3, 0.4) is 0 Å². The van der Waals surface area contributed by atoms with E-state index < -0.39 is 0 Å². The molecule has 0 aliphatic carbocycles. The summed E-state index contributed by atoms with van der Waals surface area (Å²) in [6.45, 7) is 0. The molecule has 0 radical (unpaired) electrons. The van der Waals surface area contributed by atoms with Crippen LogP contribution in [0, 0.1) is 0 Å². The van der Waals surface area contributed by atoms with Gasteiger partial charge in [0.25, 0.3) is 0 Å². The van der Waals surface area contributed by atoms with Gasteiger partial charge in [-0.1, -0.05) is 50.1 Å². The summed E-state index contributed by atoms with van der Waals surface area (Å²) < 4.78 is 1.89. The predicted octanol–water partition coefficient (Wildman–Crippen LogP) is 4.92.